The smallest absolute Gasteiger partial charge is 0.264 e. The van der Waals surface area contributed by atoms with Crippen molar-refractivity contribution < 1.29 is 21.6 Å². The summed E-state index contributed by atoms with van der Waals surface area (Å²) in [4.78, 5) is 20.5. The summed E-state index contributed by atoms with van der Waals surface area (Å²) in [7, 11) is -7.67. The van der Waals surface area contributed by atoms with Gasteiger partial charge >= 0.3 is 0 Å². The number of amides is 1. The van der Waals surface area contributed by atoms with Gasteiger partial charge in [0.2, 0.25) is 21.9 Å². The Labute approximate surface area is 199 Å². The molecule has 3 rings (SSSR count). The Morgan fingerprint density at radius 2 is 1.56 bits per heavy atom. The molecule has 2 aromatic carbocycles. The second-order valence-electron chi connectivity index (χ2n) is 7.71. The highest BCUT2D eigenvalue weighted by molar-refractivity contribution is 7.92. The predicted molar refractivity (Wildman–Crippen MR) is 131 cm³/mol. The first-order valence-electron chi connectivity index (χ1n) is 10.1. The average Bonchev–Trinajstić information content (AvgIpc) is 2.72. The minimum absolute atomic E-state index is 0.0512. The first kappa shape index (κ1) is 25.1. The Morgan fingerprint density at radius 1 is 0.941 bits per heavy atom. The molecule has 0 aliphatic rings. The van der Waals surface area contributed by atoms with Crippen LogP contribution in [0.1, 0.15) is 16.8 Å². The SMILES string of the molecule is Cc1ccnc(NS(=O)(=O)c2ccc(NC(=O)CN(c3c(C)cccc3C)S(C)(=O)=O)cc2)n1. The lowest BCUT2D eigenvalue weighted by atomic mass is 10.1. The lowest BCUT2D eigenvalue weighted by Crippen LogP contribution is -2.38. The van der Waals surface area contributed by atoms with E-state index in [0.29, 0.717) is 17.1 Å². The van der Waals surface area contributed by atoms with E-state index in [9.17, 15) is 21.6 Å². The van der Waals surface area contributed by atoms with E-state index < -0.39 is 32.5 Å². The molecule has 1 aromatic heterocycles. The van der Waals surface area contributed by atoms with Crippen LogP contribution in [0.2, 0.25) is 0 Å². The molecular weight excluding hydrogens is 478 g/mol. The second kappa shape index (κ2) is 9.77. The maximum Gasteiger partial charge on any atom is 0.264 e. The molecule has 2 N–H and O–H groups in total. The van der Waals surface area contributed by atoms with Gasteiger partial charge in [-0.15, -0.1) is 0 Å². The van der Waals surface area contributed by atoms with Gasteiger partial charge in [0, 0.05) is 17.6 Å². The Morgan fingerprint density at radius 3 is 2.12 bits per heavy atom. The minimum atomic E-state index is -3.93. The lowest BCUT2D eigenvalue weighted by molar-refractivity contribution is -0.114. The summed E-state index contributed by atoms with van der Waals surface area (Å²) in [6.07, 6.45) is 2.48. The van der Waals surface area contributed by atoms with Gasteiger partial charge in [-0.25, -0.2) is 31.5 Å². The third kappa shape index (κ3) is 6.08. The highest BCUT2D eigenvalue weighted by atomic mass is 32.2. The van der Waals surface area contributed by atoms with Gasteiger partial charge in [-0.3, -0.25) is 9.10 Å². The van der Waals surface area contributed by atoms with Crippen LogP contribution >= 0.6 is 0 Å². The van der Waals surface area contributed by atoms with Crippen LogP contribution in [0.4, 0.5) is 17.3 Å². The van der Waals surface area contributed by atoms with Crippen molar-refractivity contribution in [3.63, 3.8) is 0 Å². The van der Waals surface area contributed by atoms with E-state index in [1.165, 1.54) is 30.5 Å². The monoisotopic (exact) mass is 503 g/mol. The van der Waals surface area contributed by atoms with Crippen molar-refractivity contribution in [1.29, 1.82) is 0 Å². The number of carbonyl (C=O) groups excluding carboxylic acids is 1. The molecule has 1 amide bonds. The zero-order valence-electron chi connectivity index (χ0n) is 19.1. The largest absolute Gasteiger partial charge is 0.325 e. The average molecular weight is 504 g/mol. The topological polar surface area (TPSA) is 138 Å². The van der Waals surface area contributed by atoms with Crippen LogP contribution in [-0.2, 0) is 24.8 Å². The molecule has 0 saturated heterocycles. The number of anilines is 3. The van der Waals surface area contributed by atoms with Crippen LogP contribution in [0.5, 0.6) is 0 Å². The normalized spacial score (nSPS) is 11.6. The van der Waals surface area contributed by atoms with Crippen LogP contribution in [0.15, 0.2) is 59.6 Å². The molecule has 0 bridgehead atoms. The molecule has 12 heteroatoms. The fourth-order valence-electron chi connectivity index (χ4n) is 3.29. The molecular formula is C22H25N5O5S2. The number of nitrogens with one attached hydrogen (secondary N) is 2. The molecule has 34 heavy (non-hydrogen) atoms. The molecule has 1 heterocycles. The number of hydrogen-bond acceptors (Lipinski definition) is 7. The van der Waals surface area contributed by atoms with E-state index in [2.05, 4.69) is 20.0 Å². The molecule has 0 saturated carbocycles. The van der Waals surface area contributed by atoms with Crippen LogP contribution in [0.25, 0.3) is 0 Å². The van der Waals surface area contributed by atoms with Crippen molar-refractivity contribution >= 4 is 43.3 Å². The Balaban J connectivity index is 1.75. The molecule has 0 radical (unpaired) electrons. The molecule has 10 nitrogen and oxygen atoms in total. The molecule has 0 aliphatic heterocycles. The highest BCUT2D eigenvalue weighted by Crippen LogP contribution is 2.26. The van der Waals surface area contributed by atoms with Crippen LogP contribution in [-0.4, -0.2) is 45.5 Å². The van der Waals surface area contributed by atoms with Gasteiger partial charge in [-0.05, 0) is 62.2 Å². The van der Waals surface area contributed by atoms with Crippen LogP contribution in [0.3, 0.4) is 0 Å². The van der Waals surface area contributed by atoms with E-state index >= 15 is 0 Å². The quantitative estimate of drug-likeness (QED) is 0.482. The van der Waals surface area contributed by atoms with Crippen molar-refractivity contribution in [2.45, 2.75) is 25.7 Å². The standard InChI is InChI=1S/C22H25N5O5S2/c1-15-6-5-7-16(2)21(15)27(33(4,29)30)14-20(28)25-18-8-10-19(11-9-18)34(31,32)26-22-23-13-12-17(3)24-22/h5-13H,14H2,1-4H3,(H,25,28)(H,23,24,26). The maximum absolute atomic E-state index is 12.7. The molecule has 0 unspecified atom stereocenters. The lowest BCUT2D eigenvalue weighted by Gasteiger charge is -2.25. The zero-order valence-corrected chi connectivity index (χ0v) is 20.7. The predicted octanol–water partition coefficient (Wildman–Crippen LogP) is 2.61. The van der Waals surface area contributed by atoms with E-state index in [1.54, 1.807) is 39.0 Å². The van der Waals surface area contributed by atoms with Crippen molar-refractivity contribution in [3.8, 4) is 0 Å². The van der Waals surface area contributed by atoms with Crippen molar-refractivity contribution in [3.05, 3.63) is 71.5 Å². The van der Waals surface area contributed by atoms with Crippen molar-refractivity contribution in [1.82, 2.24) is 9.97 Å². The Kier molecular flexibility index (Phi) is 7.22. The van der Waals surface area contributed by atoms with Crippen molar-refractivity contribution in [2.75, 3.05) is 27.1 Å². The number of benzene rings is 2. The third-order valence-electron chi connectivity index (χ3n) is 4.85. The van der Waals surface area contributed by atoms with Gasteiger partial charge in [0.05, 0.1) is 16.8 Å². The number of aryl methyl sites for hydroxylation is 3. The highest BCUT2D eigenvalue weighted by Gasteiger charge is 2.24. The van der Waals surface area contributed by atoms with Crippen LogP contribution < -0.4 is 14.3 Å². The summed E-state index contributed by atoms with van der Waals surface area (Å²) >= 11 is 0. The summed E-state index contributed by atoms with van der Waals surface area (Å²) in [6, 6.07) is 12.4. The summed E-state index contributed by atoms with van der Waals surface area (Å²) in [6.45, 7) is 4.82. The van der Waals surface area contributed by atoms with E-state index in [1.807, 2.05) is 6.07 Å². The maximum atomic E-state index is 12.7. The summed E-state index contributed by atoms with van der Waals surface area (Å²) < 4.78 is 53.3. The summed E-state index contributed by atoms with van der Waals surface area (Å²) in [5, 5.41) is 2.60. The number of sulfonamides is 2. The van der Waals surface area contributed by atoms with E-state index in [0.717, 1.165) is 21.7 Å². The minimum Gasteiger partial charge on any atom is -0.325 e. The molecule has 0 atom stereocenters. The number of nitrogens with zero attached hydrogens (tertiary/aromatic N) is 3. The van der Waals surface area contributed by atoms with Gasteiger partial charge in [-0.2, -0.15) is 0 Å². The fourth-order valence-corrected chi connectivity index (χ4v) is 5.21. The van der Waals surface area contributed by atoms with Crippen molar-refractivity contribution in [2.24, 2.45) is 0 Å². The molecule has 3 aromatic rings. The molecule has 0 spiro atoms. The first-order valence-corrected chi connectivity index (χ1v) is 13.5. The van der Waals surface area contributed by atoms with Gasteiger partial charge in [-0.1, -0.05) is 18.2 Å². The zero-order chi connectivity index (χ0) is 25.1. The van der Waals surface area contributed by atoms with Gasteiger partial charge in [0.1, 0.15) is 6.54 Å². The Bertz CT molecular complexity index is 1400. The van der Waals surface area contributed by atoms with E-state index in [-0.39, 0.29) is 10.8 Å². The molecule has 0 fully saturated rings. The number of para-hydroxylation sites is 1. The van der Waals surface area contributed by atoms with Gasteiger partial charge in [0.25, 0.3) is 10.0 Å². The first-order chi connectivity index (χ1) is 15.9. The van der Waals surface area contributed by atoms with E-state index in [4.69, 9.17) is 0 Å². The van der Waals surface area contributed by atoms with Crippen LogP contribution in [0, 0.1) is 20.8 Å². The second-order valence-corrected chi connectivity index (χ2v) is 11.3. The summed E-state index contributed by atoms with van der Waals surface area (Å²) in [5.41, 5.74) is 2.81. The number of rotatable bonds is 8. The fraction of sp³-hybridized carbons (Fsp3) is 0.227. The Hall–Kier alpha value is -3.51. The van der Waals surface area contributed by atoms with Gasteiger partial charge in [0.15, 0.2) is 0 Å². The summed E-state index contributed by atoms with van der Waals surface area (Å²) in [5.74, 6) is -0.625. The third-order valence-corrected chi connectivity index (χ3v) is 7.30. The molecule has 0 aliphatic carbocycles. The number of carbonyl (C=O) groups is 1. The number of hydrogen-bond donors (Lipinski definition) is 2. The number of aromatic nitrogens is 2. The van der Waals surface area contributed by atoms with Gasteiger partial charge < -0.3 is 5.32 Å². The molecule has 180 valence electrons.